The van der Waals surface area contributed by atoms with Gasteiger partial charge in [0.1, 0.15) is 12.4 Å². The van der Waals surface area contributed by atoms with Crippen molar-refractivity contribution in [1.29, 1.82) is 0 Å². The zero-order valence-electron chi connectivity index (χ0n) is 14.5. The Bertz CT molecular complexity index is 964. The van der Waals surface area contributed by atoms with Crippen molar-refractivity contribution >= 4 is 23.3 Å². The molecule has 2 amide bonds. The highest BCUT2D eigenvalue weighted by Crippen LogP contribution is 2.32. The third-order valence-corrected chi connectivity index (χ3v) is 4.31. The lowest BCUT2D eigenvalue weighted by atomic mass is 10.0. The average molecular weight is 392 g/mol. The van der Waals surface area contributed by atoms with Crippen LogP contribution in [-0.2, 0) is 21.0 Å². The number of carbonyl (C=O) groups excluding carboxylic acids is 3. The van der Waals surface area contributed by atoms with Gasteiger partial charge >= 0.3 is 0 Å². The molecule has 0 bridgehead atoms. The van der Waals surface area contributed by atoms with Crippen LogP contribution in [0.25, 0.3) is 0 Å². The third kappa shape index (κ3) is 3.98. The zero-order valence-corrected chi connectivity index (χ0v) is 14.5. The molecule has 9 heteroatoms. The van der Waals surface area contributed by atoms with Crippen molar-refractivity contribution in [2.24, 2.45) is 11.7 Å². The molecule has 6 nitrogen and oxygen atoms in total. The van der Waals surface area contributed by atoms with Gasteiger partial charge in [-0.2, -0.15) is 0 Å². The minimum absolute atomic E-state index is 0.189. The highest BCUT2D eigenvalue weighted by Gasteiger charge is 2.38. The molecule has 3 rings (SSSR count). The molecule has 0 aliphatic carbocycles. The Morgan fingerprint density at radius 1 is 1.14 bits per heavy atom. The molecular weight excluding hydrogens is 377 g/mol. The summed E-state index contributed by atoms with van der Waals surface area (Å²) in [5.74, 6) is -6.55. The molecule has 1 heterocycles. The van der Waals surface area contributed by atoms with E-state index in [1.165, 1.54) is 18.2 Å². The molecule has 1 fully saturated rings. The molecule has 0 spiro atoms. The van der Waals surface area contributed by atoms with Crippen molar-refractivity contribution in [2.75, 3.05) is 11.4 Å². The van der Waals surface area contributed by atoms with Crippen LogP contribution in [-0.4, -0.2) is 24.1 Å². The minimum Gasteiger partial charge on any atom is -0.486 e. The van der Waals surface area contributed by atoms with E-state index in [2.05, 4.69) is 0 Å². The Morgan fingerprint density at radius 2 is 1.89 bits per heavy atom. The van der Waals surface area contributed by atoms with E-state index < -0.39 is 46.7 Å². The third-order valence-electron chi connectivity index (χ3n) is 4.31. The Labute approximate surface area is 157 Å². The van der Waals surface area contributed by atoms with Gasteiger partial charge in [0.25, 0.3) is 5.91 Å². The number of hydrogen-bond acceptors (Lipinski definition) is 4. The Balaban J connectivity index is 1.77. The normalized spacial score (nSPS) is 16.3. The molecule has 28 heavy (non-hydrogen) atoms. The van der Waals surface area contributed by atoms with E-state index in [1.807, 2.05) is 0 Å². The first-order valence-electron chi connectivity index (χ1n) is 8.26. The van der Waals surface area contributed by atoms with Crippen LogP contribution in [0.4, 0.5) is 18.9 Å². The van der Waals surface area contributed by atoms with E-state index in [4.69, 9.17) is 10.5 Å². The van der Waals surface area contributed by atoms with E-state index in [0.717, 1.165) is 17.0 Å². The summed E-state index contributed by atoms with van der Waals surface area (Å²) in [6, 6.07) is 6.98. The highest BCUT2D eigenvalue weighted by atomic mass is 19.1. The SMILES string of the molecule is NC(=O)C(=O)C1CC(=O)N(c2cc(F)c(OCc3cccc(F)c3)cc2F)C1. The van der Waals surface area contributed by atoms with Gasteiger partial charge in [-0.25, -0.2) is 13.2 Å². The van der Waals surface area contributed by atoms with Crippen molar-refractivity contribution in [3.05, 3.63) is 59.4 Å². The number of nitrogens with zero attached hydrogens (tertiary/aromatic N) is 1. The van der Waals surface area contributed by atoms with Crippen LogP contribution in [0.2, 0.25) is 0 Å². The van der Waals surface area contributed by atoms with Crippen LogP contribution in [0.1, 0.15) is 12.0 Å². The maximum Gasteiger partial charge on any atom is 0.285 e. The number of carbonyl (C=O) groups is 3. The van der Waals surface area contributed by atoms with Crippen molar-refractivity contribution in [2.45, 2.75) is 13.0 Å². The number of ether oxygens (including phenoxy) is 1. The fourth-order valence-electron chi connectivity index (χ4n) is 2.94. The van der Waals surface area contributed by atoms with Gasteiger partial charge in [-0.15, -0.1) is 0 Å². The maximum absolute atomic E-state index is 14.5. The summed E-state index contributed by atoms with van der Waals surface area (Å²) in [6.07, 6.45) is -0.319. The summed E-state index contributed by atoms with van der Waals surface area (Å²) in [7, 11) is 0. The van der Waals surface area contributed by atoms with Gasteiger partial charge in [0, 0.05) is 25.1 Å². The molecule has 0 aromatic heterocycles. The lowest BCUT2D eigenvalue weighted by molar-refractivity contribution is -0.138. The molecule has 1 saturated heterocycles. The number of nitrogens with two attached hydrogens (primary N) is 1. The number of hydrogen-bond donors (Lipinski definition) is 1. The van der Waals surface area contributed by atoms with Crippen LogP contribution in [0.5, 0.6) is 5.75 Å². The first kappa shape index (κ1) is 19.4. The van der Waals surface area contributed by atoms with Crippen LogP contribution in [0, 0.1) is 23.4 Å². The van der Waals surface area contributed by atoms with Gasteiger partial charge in [-0.05, 0) is 17.7 Å². The van der Waals surface area contributed by atoms with Gasteiger partial charge < -0.3 is 15.4 Å². The summed E-state index contributed by atoms with van der Waals surface area (Å²) in [5.41, 5.74) is 4.97. The second-order valence-corrected chi connectivity index (χ2v) is 6.29. The second-order valence-electron chi connectivity index (χ2n) is 6.29. The Hall–Kier alpha value is -3.36. The molecule has 0 radical (unpaired) electrons. The monoisotopic (exact) mass is 392 g/mol. The summed E-state index contributed by atoms with van der Waals surface area (Å²) in [5, 5.41) is 0. The number of anilines is 1. The quantitative estimate of drug-likeness (QED) is 0.763. The molecule has 1 aliphatic rings. The average Bonchev–Trinajstić information content (AvgIpc) is 3.02. The van der Waals surface area contributed by atoms with Gasteiger partial charge in [-0.3, -0.25) is 14.4 Å². The van der Waals surface area contributed by atoms with E-state index in [1.54, 1.807) is 6.07 Å². The van der Waals surface area contributed by atoms with Gasteiger partial charge in [0.2, 0.25) is 11.7 Å². The topological polar surface area (TPSA) is 89.7 Å². The predicted molar refractivity (Wildman–Crippen MR) is 91.8 cm³/mol. The molecule has 2 N–H and O–H groups in total. The van der Waals surface area contributed by atoms with E-state index in [9.17, 15) is 27.6 Å². The number of halogens is 3. The van der Waals surface area contributed by atoms with Gasteiger partial charge in [-0.1, -0.05) is 12.1 Å². The minimum atomic E-state index is -1.19. The molecule has 0 saturated carbocycles. The standard InChI is InChI=1S/C19H15F3N2O4/c20-12-3-1-2-10(4-12)9-28-16-7-13(21)15(6-14(16)22)24-8-11(5-17(24)25)18(26)19(23)27/h1-4,6-7,11H,5,8-9H2,(H2,23,27). The van der Waals surface area contributed by atoms with Crippen LogP contribution in [0.3, 0.4) is 0 Å². The van der Waals surface area contributed by atoms with Crippen LogP contribution in [0.15, 0.2) is 36.4 Å². The van der Waals surface area contributed by atoms with Crippen molar-refractivity contribution in [3.8, 4) is 5.75 Å². The summed E-state index contributed by atoms with van der Waals surface area (Å²) < 4.78 is 47.1. The predicted octanol–water partition coefficient (Wildman–Crippen LogP) is 2.09. The molecule has 1 aliphatic heterocycles. The van der Waals surface area contributed by atoms with Crippen molar-refractivity contribution < 1.29 is 32.3 Å². The van der Waals surface area contributed by atoms with Crippen molar-refractivity contribution in [3.63, 3.8) is 0 Å². The van der Waals surface area contributed by atoms with Crippen LogP contribution < -0.4 is 15.4 Å². The number of amides is 2. The van der Waals surface area contributed by atoms with Gasteiger partial charge in [0.15, 0.2) is 17.4 Å². The fourth-order valence-corrected chi connectivity index (χ4v) is 2.94. The number of primary amides is 1. The van der Waals surface area contributed by atoms with Crippen molar-refractivity contribution in [1.82, 2.24) is 0 Å². The molecule has 1 unspecified atom stereocenters. The Morgan fingerprint density at radius 3 is 2.57 bits per heavy atom. The van der Waals surface area contributed by atoms with E-state index in [-0.39, 0.29) is 25.3 Å². The van der Waals surface area contributed by atoms with Gasteiger partial charge in [0.05, 0.1) is 11.6 Å². The first-order valence-corrected chi connectivity index (χ1v) is 8.26. The highest BCUT2D eigenvalue weighted by molar-refractivity contribution is 6.37. The zero-order chi connectivity index (χ0) is 20.4. The number of benzene rings is 2. The number of Topliss-reactive ketones (excluding diaryl/α,β-unsaturated/α-hetero) is 1. The second kappa shape index (κ2) is 7.71. The molecule has 2 aromatic carbocycles. The lowest BCUT2D eigenvalue weighted by Crippen LogP contribution is -2.32. The Kier molecular flexibility index (Phi) is 5.34. The summed E-state index contributed by atoms with van der Waals surface area (Å²) in [6.45, 7) is -0.467. The molecule has 1 atom stereocenters. The number of ketones is 1. The summed E-state index contributed by atoms with van der Waals surface area (Å²) >= 11 is 0. The molecular formula is C19H15F3N2O4. The smallest absolute Gasteiger partial charge is 0.285 e. The molecule has 146 valence electrons. The fraction of sp³-hybridized carbons (Fsp3) is 0.211. The van der Waals surface area contributed by atoms with E-state index in [0.29, 0.717) is 5.56 Å². The molecule has 2 aromatic rings. The summed E-state index contributed by atoms with van der Waals surface area (Å²) in [4.78, 5) is 35.6. The van der Waals surface area contributed by atoms with Crippen LogP contribution >= 0.6 is 0 Å². The maximum atomic E-state index is 14.5. The largest absolute Gasteiger partial charge is 0.486 e. The number of rotatable bonds is 6. The lowest BCUT2D eigenvalue weighted by Gasteiger charge is -2.18. The van der Waals surface area contributed by atoms with E-state index >= 15 is 0 Å². The first-order chi connectivity index (χ1) is 13.3.